The number of aromatic nitrogens is 2. The monoisotopic (exact) mass is 439 g/mol. The first-order chi connectivity index (χ1) is 15.7. The van der Waals surface area contributed by atoms with Gasteiger partial charge in [-0.25, -0.2) is 5.43 Å². The van der Waals surface area contributed by atoms with Crippen molar-refractivity contribution in [3.63, 3.8) is 0 Å². The van der Waals surface area contributed by atoms with E-state index < -0.39 is 0 Å². The van der Waals surface area contributed by atoms with Gasteiger partial charge in [0.2, 0.25) is 5.91 Å². The molecule has 3 fully saturated rings. The third-order valence-corrected chi connectivity index (χ3v) is 6.69. The minimum absolute atomic E-state index is 0.0139. The smallest absolute Gasteiger partial charge is 0.242 e. The predicted molar refractivity (Wildman–Crippen MR) is 122 cm³/mol. The van der Waals surface area contributed by atoms with Gasteiger partial charge in [-0.1, -0.05) is 30.3 Å². The number of benzene rings is 1. The molecule has 4 heterocycles. The van der Waals surface area contributed by atoms with E-state index in [2.05, 4.69) is 60.9 Å². The SMILES string of the molecule is CN1CCN(CCn2cc(NC3NC(c4ccccc4)NC4CNNC(=O)C43)cn2)CC1. The van der Waals surface area contributed by atoms with E-state index >= 15 is 0 Å². The highest BCUT2D eigenvalue weighted by molar-refractivity contribution is 5.81. The summed E-state index contributed by atoms with van der Waals surface area (Å²) in [5, 5.41) is 15.2. The number of piperazine rings is 1. The quantitative estimate of drug-likeness (QED) is 0.406. The molecule has 3 aliphatic rings. The molecule has 2 aromatic rings. The summed E-state index contributed by atoms with van der Waals surface area (Å²) in [5.74, 6) is -0.266. The van der Waals surface area contributed by atoms with Crippen LogP contribution in [0.1, 0.15) is 11.7 Å². The number of hydrogen-bond acceptors (Lipinski definition) is 8. The first kappa shape index (κ1) is 21.4. The van der Waals surface area contributed by atoms with Crippen LogP contribution in [-0.4, -0.2) is 84.0 Å². The molecule has 0 saturated carbocycles. The van der Waals surface area contributed by atoms with Crippen LogP contribution in [-0.2, 0) is 11.3 Å². The van der Waals surface area contributed by atoms with Gasteiger partial charge in [0.15, 0.2) is 0 Å². The number of fused-ring (bicyclic) bond motifs is 1. The van der Waals surface area contributed by atoms with Crippen LogP contribution >= 0.6 is 0 Å². The number of carbonyl (C=O) groups is 1. The zero-order chi connectivity index (χ0) is 21.9. The van der Waals surface area contributed by atoms with Crippen LogP contribution in [0.25, 0.3) is 0 Å². The van der Waals surface area contributed by atoms with Crippen molar-refractivity contribution in [1.82, 2.24) is 41.1 Å². The Kier molecular flexibility index (Phi) is 6.37. The molecule has 1 amide bonds. The predicted octanol–water partition coefficient (Wildman–Crippen LogP) is -0.621. The van der Waals surface area contributed by atoms with E-state index in [1.807, 2.05) is 35.3 Å². The number of nitrogens with one attached hydrogen (secondary N) is 5. The summed E-state index contributed by atoms with van der Waals surface area (Å²) >= 11 is 0. The fourth-order valence-corrected chi connectivity index (χ4v) is 4.76. The highest BCUT2D eigenvalue weighted by Gasteiger charge is 2.44. The number of rotatable bonds is 6. The van der Waals surface area contributed by atoms with E-state index in [0.717, 1.165) is 50.5 Å². The number of hydrogen-bond donors (Lipinski definition) is 5. The molecule has 1 aromatic carbocycles. The Morgan fingerprint density at radius 1 is 1.09 bits per heavy atom. The van der Waals surface area contributed by atoms with Crippen molar-refractivity contribution in [2.45, 2.75) is 24.9 Å². The topological polar surface area (TPSA) is 102 Å². The highest BCUT2D eigenvalue weighted by atomic mass is 16.2. The summed E-state index contributed by atoms with van der Waals surface area (Å²) in [6, 6.07) is 10.3. The second kappa shape index (κ2) is 9.55. The molecular weight excluding hydrogens is 406 g/mol. The number of likely N-dealkylation sites (N-methyl/N-ethyl adjacent to an activating group) is 1. The number of anilines is 1. The van der Waals surface area contributed by atoms with Gasteiger partial charge in [-0.05, 0) is 12.6 Å². The fourth-order valence-electron chi connectivity index (χ4n) is 4.76. The molecule has 0 bridgehead atoms. The van der Waals surface area contributed by atoms with Gasteiger partial charge in [0, 0.05) is 51.5 Å². The van der Waals surface area contributed by atoms with Crippen molar-refractivity contribution in [2.75, 3.05) is 51.6 Å². The second-order valence-corrected chi connectivity index (χ2v) is 8.94. The lowest BCUT2D eigenvalue weighted by Gasteiger charge is -2.45. The van der Waals surface area contributed by atoms with Crippen molar-refractivity contribution in [3.05, 3.63) is 48.3 Å². The van der Waals surface area contributed by atoms with Gasteiger partial charge in [0.25, 0.3) is 0 Å². The van der Waals surface area contributed by atoms with Crippen LogP contribution in [0.2, 0.25) is 0 Å². The summed E-state index contributed by atoms with van der Waals surface area (Å²) in [5.41, 5.74) is 7.84. The molecule has 1 aromatic heterocycles. The lowest BCUT2D eigenvalue weighted by atomic mass is 9.89. The Labute approximate surface area is 188 Å². The number of nitrogens with zero attached hydrogens (tertiary/aromatic N) is 4. The summed E-state index contributed by atoms with van der Waals surface area (Å²) in [4.78, 5) is 17.5. The van der Waals surface area contributed by atoms with Crippen molar-refractivity contribution >= 4 is 11.6 Å². The third kappa shape index (κ3) is 4.79. The van der Waals surface area contributed by atoms with Gasteiger partial charge in [0.1, 0.15) is 0 Å². The van der Waals surface area contributed by atoms with Gasteiger partial charge >= 0.3 is 0 Å². The van der Waals surface area contributed by atoms with Crippen LogP contribution in [0.5, 0.6) is 0 Å². The van der Waals surface area contributed by atoms with Gasteiger partial charge in [-0.15, -0.1) is 0 Å². The van der Waals surface area contributed by atoms with Crippen molar-refractivity contribution in [3.8, 4) is 0 Å². The Morgan fingerprint density at radius 2 is 1.91 bits per heavy atom. The standard InChI is InChI=1S/C22H33N9O/c1-29-7-9-30(10-8-29)11-12-31-15-17(13-24-31)25-21-19-18(14-23-28-22(19)32)26-20(27-21)16-5-3-2-4-6-16/h2-6,13,15,18-21,23,25-27H,7-12,14H2,1H3,(H,28,32). The first-order valence-electron chi connectivity index (χ1n) is 11.5. The van der Waals surface area contributed by atoms with E-state index in [4.69, 9.17) is 0 Å². The Morgan fingerprint density at radius 3 is 2.72 bits per heavy atom. The number of carbonyl (C=O) groups excluding carboxylic acids is 1. The molecule has 3 saturated heterocycles. The molecule has 5 rings (SSSR count). The van der Waals surface area contributed by atoms with Crippen LogP contribution in [0.4, 0.5) is 5.69 Å². The molecule has 10 nitrogen and oxygen atoms in total. The van der Waals surface area contributed by atoms with Gasteiger partial charge < -0.3 is 10.2 Å². The summed E-state index contributed by atoms with van der Waals surface area (Å²) in [6.45, 7) is 6.97. The van der Waals surface area contributed by atoms with E-state index in [-0.39, 0.29) is 30.2 Å². The zero-order valence-electron chi connectivity index (χ0n) is 18.5. The van der Waals surface area contributed by atoms with E-state index in [1.54, 1.807) is 0 Å². The molecule has 4 atom stereocenters. The lowest BCUT2D eigenvalue weighted by molar-refractivity contribution is -0.131. The van der Waals surface area contributed by atoms with Crippen molar-refractivity contribution in [2.24, 2.45) is 5.92 Å². The van der Waals surface area contributed by atoms with Crippen LogP contribution in [0, 0.1) is 5.92 Å². The van der Waals surface area contributed by atoms with Crippen molar-refractivity contribution in [1.29, 1.82) is 0 Å². The average Bonchev–Trinajstić information content (AvgIpc) is 3.26. The first-order valence-corrected chi connectivity index (χ1v) is 11.5. The number of amides is 1. The molecule has 0 aliphatic carbocycles. The van der Waals surface area contributed by atoms with E-state index in [0.29, 0.717) is 6.54 Å². The van der Waals surface area contributed by atoms with Gasteiger partial charge in [-0.2, -0.15) is 5.10 Å². The lowest BCUT2D eigenvalue weighted by Crippen LogP contribution is -2.71. The fraction of sp³-hybridized carbons (Fsp3) is 0.545. The van der Waals surface area contributed by atoms with Crippen LogP contribution in [0.15, 0.2) is 42.7 Å². The van der Waals surface area contributed by atoms with Crippen molar-refractivity contribution < 1.29 is 4.79 Å². The zero-order valence-corrected chi connectivity index (χ0v) is 18.5. The molecule has 4 unspecified atom stereocenters. The summed E-state index contributed by atoms with van der Waals surface area (Å²) in [6.07, 6.45) is 3.61. The molecule has 0 spiro atoms. The normalized spacial score (nSPS) is 29.3. The summed E-state index contributed by atoms with van der Waals surface area (Å²) < 4.78 is 1.98. The molecule has 10 heteroatoms. The van der Waals surface area contributed by atoms with E-state index in [9.17, 15) is 4.79 Å². The summed E-state index contributed by atoms with van der Waals surface area (Å²) in [7, 11) is 2.17. The maximum absolute atomic E-state index is 12.7. The third-order valence-electron chi connectivity index (χ3n) is 6.69. The Balaban J connectivity index is 1.24. The maximum Gasteiger partial charge on any atom is 0.242 e. The minimum atomic E-state index is -0.245. The highest BCUT2D eigenvalue weighted by Crippen LogP contribution is 2.25. The molecule has 3 aliphatic heterocycles. The molecule has 5 N–H and O–H groups in total. The van der Waals surface area contributed by atoms with Crippen LogP contribution < -0.4 is 26.8 Å². The van der Waals surface area contributed by atoms with Crippen LogP contribution in [0.3, 0.4) is 0 Å². The molecular formula is C22H33N9O. The largest absolute Gasteiger partial charge is 0.366 e. The maximum atomic E-state index is 12.7. The minimum Gasteiger partial charge on any atom is -0.366 e. The van der Waals surface area contributed by atoms with E-state index in [1.165, 1.54) is 0 Å². The Bertz CT molecular complexity index is 896. The molecule has 172 valence electrons. The molecule has 0 radical (unpaired) electrons. The average molecular weight is 440 g/mol. The van der Waals surface area contributed by atoms with Gasteiger partial charge in [-0.3, -0.25) is 30.4 Å². The molecule has 32 heavy (non-hydrogen) atoms. The number of hydrazine groups is 1. The second-order valence-electron chi connectivity index (χ2n) is 8.94. The Hall–Kier alpha value is -2.50. The van der Waals surface area contributed by atoms with Gasteiger partial charge in [0.05, 0.1) is 36.7 Å².